The van der Waals surface area contributed by atoms with E-state index in [1.165, 1.54) is 4.90 Å². The average molecular weight is 346 g/mol. The van der Waals surface area contributed by atoms with Gasteiger partial charge in [0, 0.05) is 20.6 Å². The monoisotopic (exact) mass is 345 g/mol. The molecule has 0 aromatic heterocycles. The van der Waals surface area contributed by atoms with E-state index in [2.05, 4.69) is 5.32 Å². The van der Waals surface area contributed by atoms with Crippen LogP contribution in [0, 0.1) is 0 Å². The number of rotatable bonds is 6. The van der Waals surface area contributed by atoms with E-state index in [4.69, 9.17) is 23.2 Å². The van der Waals surface area contributed by atoms with Gasteiger partial charge in [-0.05, 0) is 31.7 Å². The topological polar surface area (TPSA) is 52.7 Å². The summed E-state index contributed by atoms with van der Waals surface area (Å²) in [4.78, 5) is 26.9. The van der Waals surface area contributed by atoms with Gasteiger partial charge in [-0.25, -0.2) is 0 Å². The molecule has 0 heterocycles. The van der Waals surface area contributed by atoms with E-state index in [0.29, 0.717) is 16.6 Å². The highest BCUT2D eigenvalue weighted by Gasteiger charge is 2.17. The molecular formula is C15H21Cl2N3O2. The second kappa shape index (κ2) is 8.36. The van der Waals surface area contributed by atoms with Crippen LogP contribution in [0.2, 0.25) is 10.0 Å². The summed E-state index contributed by atoms with van der Waals surface area (Å²) in [7, 11) is 5.13. The molecule has 1 rings (SSSR count). The maximum atomic E-state index is 11.9. The minimum atomic E-state index is -0.541. The summed E-state index contributed by atoms with van der Waals surface area (Å²) in [5.74, 6) is -0.342. The SMILES string of the molecule is CC(NC(=O)CN(C)Cc1ccc(Cl)c(Cl)c1)C(=O)N(C)C. The van der Waals surface area contributed by atoms with E-state index >= 15 is 0 Å². The molecule has 2 amide bonds. The van der Waals surface area contributed by atoms with Gasteiger partial charge in [0.1, 0.15) is 6.04 Å². The molecule has 1 N–H and O–H groups in total. The van der Waals surface area contributed by atoms with Crippen molar-refractivity contribution in [3.8, 4) is 0 Å². The fourth-order valence-electron chi connectivity index (χ4n) is 1.99. The zero-order chi connectivity index (χ0) is 16.9. The number of likely N-dealkylation sites (N-methyl/N-ethyl adjacent to an activating group) is 2. The van der Waals surface area contributed by atoms with Crippen LogP contribution in [0.3, 0.4) is 0 Å². The second-order valence-corrected chi connectivity index (χ2v) is 6.26. The zero-order valence-electron chi connectivity index (χ0n) is 13.2. The first-order valence-electron chi connectivity index (χ1n) is 6.83. The summed E-state index contributed by atoms with van der Waals surface area (Å²) < 4.78 is 0. The molecule has 1 aromatic carbocycles. The molecular weight excluding hydrogens is 325 g/mol. The molecule has 0 spiro atoms. The van der Waals surface area contributed by atoms with Crippen LogP contribution >= 0.6 is 23.2 Å². The Labute approximate surface area is 141 Å². The van der Waals surface area contributed by atoms with E-state index in [1.54, 1.807) is 33.2 Å². The minimum Gasteiger partial charge on any atom is -0.347 e. The number of carbonyl (C=O) groups is 2. The molecule has 0 bridgehead atoms. The molecule has 0 saturated heterocycles. The van der Waals surface area contributed by atoms with Crippen molar-refractivity contribution in [2.24, 2.45) is 0 Å². The Hall–Kier alpha value is -1.30. The Kier molecular flexibility index (Phi) is 7.13. The van der Waals surface area contributed by atoms with E-state index < -0.39 is 6.04 Å². The molecule has 22 heavy (non-hydrogen) atoms. The standard InChI is InChI=1S/C15H21Cl2N3O2/c1-10(15(22)19(2)3)18-14(21)9-20(4)8-11-5-6-12(16)13(17)7-11/h5-7,10H,8-9H2,1-4H3,(H,18,21). The molecule has 0 aliphatic heterocycles. The quantitative estimate of drug-likeness (QED) is 0.858. The average Bonchev–Trinajstić information content (AvgIpc) is 2.41. The largest absolute Gasteiger partial charge is 0.347 e. The summed E-state index contributed by atoms with van der Waals surface area (Å²) in [6, 6.07) is 4.82. The third-order valence-corrected chi connectivity index (χ3v) is 3.78. The Bertz CT molecular complexity index is 550. The lowest BCUT2D eigenvalue weighted by Gasteiger charge is -2.20. The number of hydrogen-bond donors (Lipinski definition) is 1. The third-order valence-electron chi connectivity index (χ3n) is 3.04. The van der Waals surface area contributed by atoms with E-state index in [0.717, 1.165) is 5.56 Å². The molecule has 0 aliphatic carbocycles. The summed E-state index contributed by atoms with van der Waals surface area (Å²) >= 11 is 11.8. The van der Waals surface area contributed by atoms with Gasteiger partial charge in [0.2, 0.25) is 11.8 Å². The van der Waals surface area contributed by atoms with Crippen molar-refractivity contribution >= 4 is 35.0 Å². The van der Waals surface area contributed by atoms with Crippen LogP contribution in [0.1, 0.15) is 12.5 Å². The predicted molar refractivity (Wildman–Crippen MR) is 89.1 cm³/mol. The van der Waals surface area contributed by atoms with Gasteiger partial charge in [0.15, 0.2) is 0 Å². The fraction of sp³-hybridized carbons (Fsp3) is 0.467. The first kappa shape index (κ1) is 18.7. The Morgan fingerprint density at radius 3 is 2.36 bits per heavy atom. The summed E-state index contributed by atoms with van der Waals surface area (Å²) in [5, 5.41) is 3.67. The van der Waals surface area contributed by atoms with Crippen molar-refractivity contribution in [3.05, 3.63) is 33.8 Å². The fourth-order valence-corrected chi connectivity index (χ4v) is 2.31. The molecule has 7 heteroatoms. The Morgan fingerprint density at radius 2 is 1.82 bits per heavy atom. The molecule has 0 saturated carbocycles. The number of hydrogen-bond acceptors (Lipinski definition) is 3. The maximum Gasteiger partial charge on any atom is 0.244 e. The van der Waals surface area contributed by atoms with Gasteiger partial charge < -0.3 is 10.2 Å². The van der Waals surface area contributed by atoms with Crippen LogP contribution in [0.4, 0.5) is 0 Å². The molecule has 122 valence electrons. The van der Waals surface area contributed by atoms with E-state index in [9.17, 15) is 9.59 Å². The van der Waals surface area contributed by atoms with Crippen molar-refractivity contribution in [2.75, 3.05) is 27.7 Å². The van der Waals surface area contributed by atoms with Gasteiger partial charge in [-0.1, -0.05) is 29.3 Å². The van der Waals surface area contributed by atoms with E-state index in [1.807, 2.05) is 18.0 Å². The third kappa shape index (κ3) is 5.83. The van der Waals surface area contributed by atoms with Crippen LogP contribution in [0.5, 0.6) is 0 Å². The van der Waals surface area contributed by atoms with Crippen molar-refractivity contribution in [1.29, 1.82) is 0 Å². The molecule has 1 atom stereocenters. The number of amides is 2. The number of nitrogens with one attached hydrogen (secondary N) is 1. The van der Waals surface area contributed by atoms with Gasteiger partial charge >= 0.3 is 0 Å². The molecule has 0 radical (unpaired) electrons. The van der Waals surface area contributed by atoms with E-state index in [-0.39, 0.29) is 18.4 Å². The molecule has 1 aromatic rings. The summed E-state index contributed by atoms with van der Waals surface area (Å²) in [6.07, 6.45) is 0. The highest BCUT2D eigenvalue weighted by atomic mass is 35.5. The summed E-state index contributed by atoms with van der Waals surface area (Å²) in [6.45, 7) is 2.41. The van der Waals surface area contributed by atoms with Gasteiger partial charge in [-0.2, -0.15) is 0 Å². The Morgan fingerprint density at radius 1 is 1.18 bits per heavy atom. The van der Waals surface area contributed by atoms with Crippen molar-refractivity contribution in [3.63, 3.8) is 0 Å². The predicted octanol–water partition coefficient (Wildman–Crippen LogP) is 2.02. The van der Waals surface area contributed by atoms with Crippen molar-refractivity contribution in [2.45, 2.75) is 19.5 Å². The number of nitrogens with zero attached hydrogens (tertiary/aromatic N) is 2. The van der Waals surface area contributed by atoms with Gasteiger partial charge in [-0.15, -0.1) is 0 Å². The van der Waals surface area contributed by atoms with Gasteiger partial charge in [0.05, 0.1) is 16.6 Å². The van der Waals surface area contributed by atoms with Crippen molar-refractivity contribution < 1.29 is 9.59 Å². The van der Waals surface area contributed by atoms with Crippen LogP contribution in [0.25, 0.3) is 0 Å². The first-order valence-corrected chi connectivity index (χ1v) is 7.59. The normalized spacial score (nSPS) is 12.1. The summed E-state index contributed by atoms with van der Waals surface area (Å²) in [5.41, 5.74) is 0.960. The lowest BCUT2D eigenvalue weighted by Crippen LogP contribution is -2.47. The van der Waals surface area contributed by atoms with Crippen molar-refractivity contribution in [1.82, 2.24) is 15.1 Å². The number of carbonyl (C=O) groups excluding carboxylic acids is 2. The number of benzene rings is 1. The number of halogens is 2. The highest BCUT2D eigenvalue weighted by Crippen LogP contribution is 2.23. The van der Waals surface area contributed by atoms with Crippen LogP contribution in [-0.2, 0) is 16.1 Å². The molecule has 1 unspecified atom stereocenters. The molecule has 5 nitrogen and oxygen atoms in total. The first-order chi connectivity index (χ1) is 10.2. The van der Waals surface area contributed by atoms with Crippen LogP contribution in [-0.4, -0.2) is 55.3 Å². The molecule has 0 aliphatic rings. The van der Waals surface area contributed by atoms with Crippen LogP contribution in [0.15, 0.2) is 18.2 Å². The molecule has 0 fully saturated rings. The maximum absolute atomic E-state index is 11.9. The van der Waals surface area contributed by atoms with Gasteiger partial charge in [0.25, 0.3) is 0 Å². The zero-order valence-corrected chi connectivity index (χ0v) is 14.7. The highest BCUT2D eigenvalue weighted by molar-refractivity contribution is 6.42. The lowest BCUT2D eigenvalue weighted by atomic mass is 10.2. The lowest BCUT2D eigenvalue weighted by molar-refractivity contribution is -0.134. The van der Waals surface area contributed by atoms with Gasteiger partial charge in [-0.3, -0.25) is 14.5 Å². The Balaban J connectivity index is 2.50. The van der Waals surface area contributed by atoms with Crippen LogP contribution < -0.4 is 5.32 Å². The second-order valence-electron chi connectivity index (χ2n) is 5.44. The smallest absolute Gasteiger partial charge is 0.244 e. The minimum absolute atomic E-state index is 0.138.